The van der Waals surface area contributed by atoms with Crippen LogP contribution >= 0.6 is 0 Å². The van der Waals surface area contributed by atoms with Crippen LogP contribution in [-0.4, -0.2) is 44.5 Å². The van der Waals surface area contributed by atoms with Crippen molar-refractivity contribution < 1.29 is 4.79 Å². The Morgan fingerprint density at radius 1 is 1.39 bits per heavy atom. The first kappa shape index (κ1) is 14.7. The molecule has 1 rings (SSSR count). The van der Waals surface area contributed by atoms with Gasteiger partial charge in [0.1, 0.15) is 0 Å². The van der Waals surface area contributed by atoms with Crippen molar-refractivity contribution in [3.05, 3.63) is 35.4 Å². The van der Waals surface area contributed by atoms with E-state index in [1.165, 1.54) is 0 Å². The van der Waals surface area contributed by atoms with Crippen LogP contribution in [0.15, 0.2) is 24.3 Å². The van der Waals surface area contributed by atoms with Gasteiger partial charge in [-0.2, -0.15) is 0 Å². The van der Waals surface area contributed by atoms with Crippen molar-refractivity contribution in [2.45, 2.75) is 19.5 Å². The molecule has 1 atom stereocenters. The topological polar surface area (TPSA) is 44.4 Å². The minimum absolute atomic E-state index is 0.0160. The Kier molecular flexibility index (Phi) is 5.82. The molecule has 1 unspecified atom stereocenters. The smallest absolute Gasteiger partial charge is 0.251 e. The molecule has 1 amide bonds. The molecule has 0 aliphatic carbocycles. The van der Waals surface area contributed by atoms with Gasteiger partial charge < -0.3 is 15.5 Å². The van der Waals surface area contributed by atoms with Crippen LogP contribution in [-0.2, 0) is 6.54 Å². The van der Waals surface area contributed by atoms with Gasteiger partial charge in [-0.1, -0.05) is 12.1 Å². The molecule has 18 heavy (non-hydrogen) atoms. The Morgan fingerprint density at radius 2 is 2.11 bits per heavy atom. The lowest BCUT2D eigenvalue weighted by molar-refractivity contribution is 0.0950. The van der Waals surface area contributed by atoms with Crippen molar-refractivity contribution in [1.82, 2.24) is 15.5 Å². The van der Waals surface area contributed by atoms with Crippen LogP contribution in [0.3, 0.4) is 0 Å². The summed E-state index contributed by atoms with van der Waals surface area (Å²) in [5.41, 5.74) is 1.87. The van der Waals surface area contributed by atoms with Gasteiger partial charge in [0.15, 0.2) is 0 Å². The Hall–Kier alpha value is -1.39. The van der Waals surface area contributed by atoms with Crippen molar-refractivity contribution in [1.29, 1.82) is 0 Å². The van der Waals surface area contributed by atoms with Gasteiger partial charge in [0.25, 0.3) is 5.91 Å². The number of likely N-dealkylation sites (N-methyl/N-ethyl adjacent to an activating group) is 1. The molecule has 0 spiro atoms. The highest BCUT2D eigenvalue weighted by Crippen LogP contribution is 2.07. The molecule has 100 valence electrons. The monoisotopic (exact) mass is 249 g/mol. The van der Waals surface area contributed by atoms with E-state index in [0.717, 1.165) is 17.7 Å². The lowest BCUT2D eigenvalue weighted by atomic mass is 10.1. The zero-order valence-corrected chi connectivity index (χ0v) is 11.7. The first-order valence-electron chi connectivity index (χ1n) is 6.22. The number of nitrogens with zero attached hydrogens (tertiary/aromatic N) is 1. The SMILES string of the molecule is CNC(C)CNC(=O)c1cccc(CN(C)C)c1. The molecule has 2 N–H and O–H groups in total. The quantitative estimate of drug-likeness (QED) is 0.793. The predicted molar refractivity (Wildman–Crippen MR) is 74.7 cm³/mol. The fourth-order valence-corrected chi connectivity index (χ4v) is 1.63. The minimum Gasteiger partial charge on any atom is -0.350 e. The number of benzene rings is 1. The molecule has 0 aliphatic heterocycles. The number of rotatable bonds is 6. The van der Waals surface area contributed by atoms with E-state index < -0.39 is 0 Å². The standard InChI is InChI=1S/C14H23N3O/c1-11(15-2)9-16-14(18)13-7-5-6-12(8-13)10-17(3)4/h5-8,11,15H,9-10H2,1-4H3,(H,16,18). The molecule has 1 aromatic carbocycles. The molecular formula is C14H23N3O. The minimum atomic E-state index is -0.0160. The second-order valence-corrected chi connectivity index (χ2v) is 4.84. The fraction of sp³-hybridized carbons (Fsp3) is 0.500. The third kappa shape index (κ3) is 4.85. The normalized spacial score (nSPS) is 12.5. The van der Waals surface area contributed by atoms with Crippen LogP contribution in [0.5, 0.6) is 0 Å². The van der Waals surface area contributed by atoms with Gasteiger partial charge in [-0.3, -0.25) is 4.79 Å². The molecule has 0 aliphatic rings. The maximum atomic E-state index is 12.0. The molecule has 4 heteroatoms. The van der Waals surface area contributed by atoms with Crippen LogP contribution in [0.4, 0.5) is 0 Å². The van der Waals surface area contributed by atoms with E-state index in [1.54, 1.807) is 0 Å². The van der Waals surface area contributed by atoms with Crippen molar-refractivity contribution >= 4 is 5.91 Å². The molecule has 1 aromatic rings. The number of amides is 1. The Balaban J connectivity index is 2.62. The van der Waals surface area contributed by atoms with Crippen molar-refractivity contribution in [2.75, 3.05) is 27.7 Å². The number of nitrogens with one attached hydrogen (secondary N) is 2. The highest BCUT2D eigenvalue weighted by atomic mass is 16.1. The van der Waals surface area contributed by atoms with Crippen LogP contribution < -0.4 is 10.6 Å². The summed E-state index contributed by atoms with van der Waals surface area (Å²) in [4.78, 5) is 14.0. The van der Waals surface area contributed by atoms with Gasteiger partial charge in [-0.15, -0.1) is 0 Å². The average molecular weight is 249 g/mol. The number of carbonyl (C=O) groups is 1. The largest absolute Gasteiger partial charge is 0.350 e. The van der Waals surface area contributed by atoms with Crippen LogP contribution in [0.1, 0.15) is 22.8 Å². The van der Waals surface area contributed by atoms with E-state index in [2.05, 4.69) is 15.5 Å². The second kappa shape index (κ2) is 7.13. The third-order valence-electron chi connectivity index (χ3n) is 2.75. The average Bonchev–Trinajstić information content (AvgIpc) is 2.35. The fourth-order valence-electron chi connectivity index (χ4n) is 1.63. The first-order chi connectivity index (χ1) is 8.52. The molecule has 0 saturated heterocycles. The summed E-state index contributed by atoms with van der Waals surface area (Å²) in [6.07, 6.45) is 0. The zero-order valence-electron chi connectivity index (χ0n) is 11.7. The van der Waals surface area contributed by atoms with Crippen LogP contribution in [0, 0.1) is 0 Å². The molecule has 0 saturated carbocycles. The van der Waals surface area contributed by atoms with E-state index in [-0.39, 0.29) is 11.9 Å². The summed E-state index contributed by atoms with van der Waals surface area (Å²) < 4.78 is 0. The predicted octanol–water partition coefficient (Wildman–Crippen LogP) is 1.09. The zero-order chi connectivity index (χ0) is 13.5. The lowest BCUT2D eigenvalue weighted by Crippen LogP contribution is -2.37. The molecule has 0 bridgehead atoms. The summed E-state index contributed by atoms with van der Waals surface area (Å²) in [5.74, 6) is -0.0160. The summed E-state index contributed by atoms with van der Waals surface area (Å²) in [6.45, 7) is 3.50. The van der Waals surface area contributed by atoms with Gasteiger partial charge in [-0.05, 0) is 45.8 Å². The van der Waals surface area contributed by atoms with Crippen LogP contribution in [0.25, 0.3) is 0 Å². The van der Waals surface area contributed by atoms with Crippen molar-refractivity contribution in [2.24, 2.45) is 0 Å². The van der Waals surface area contributed by atoms with E-state index in [9.17, 15) is 4.79 Å². The molecule has 4 nitrogen and oxygen atoms in total. The first-order valence-corrected chi connectivity index (χ1v) is 6.22. The van der Waals surface area contributed by atoms with E-state index >= 15 is 0 Å². The Bertz CT molecular complexity index is 390. The van der Waals surface area contributed by atoms with Gasteiger partial charge in [0.05, 0.1) is 0 Å². The number of carbonyl (C=O) groups excluding carboxylic acids is 1. The van der Waals surface area contributed by atoms with E-state index in [0.29, 0.717) is 6.54 Å². The summed E-state index contributed by atoms with van der Waals surface area (Å²) in [5, 5.41) is 6.00. The van der Waals surface area contributed by atoms with Crippen molar-refractivity contribution in [3.8, 4) is 0 Å². The summed E-state index contributed by atoms with van der Waals surface area (Å²) >= 11 is 0. The maximum Gasteiger partial charge on any atom is 0.251 e. The van der Waals surface area contributed by atoms with Gasteiger partial charge in [-0.25, -0.2) is 0 Å². The summed E-state index contributed by atoms with van der Waals surface area (Å²) in [7, 11) is 5.91. The summed E-state index contributed by atoms with van der Waals surface area (Å²) in [6, 6.07) is 8.03. The highest BCUT2D eigenvalue weighted by Gasteiger charge is 2.07. The molecule has 0 heterocycles. The Morgan fingerprint density at radius 3 is 2.72 bits per heavy atom. The maximum absolute atomic E-state index is 12.0. The number of hydrogen-bond donors (Lipinski definition) is 2. The highest BCUT2D eigenvalue weighted by molar-refractivity contribution is 5.94. The molecule has 0 radical (unpaired) electrons. The Labute approximate surface area is 109 Å². The molecule has 0 aromatic heterocycles. The van der Waals surface area contributed by atoms with E-state index in [4.69, 9.17) is 0 Å². The molecule has 0 fully saturated rings. The second-order valence-electron chi connectivity index (χ2n) is 4.84. The van der Waals surface area contributed by atoms with Gasteiger partial charge in [0, 0.05) is 24.7 Å². The van der Waals surface area contributed by atoms with Crippen molar-refractivity contribution in [3.63, 3.8) is 0 Å². The van der Waals surface area contributed by atoms with Gasteiger partial charge in [0.2, 0.25) is 0 Å². The number of hydrogen-bond acceptors (Lipinski definition) is 3. The lowest BCUT2D eigenvalue weighted by Gasteiger charge is -2.13. The van der Waals surface area contributed by atoms with Gasteiger partial charge >= 0.3 is 0 Å². The van der Waals surface area contributed by atoms with Crippen LogP contribution in [0.2, 0.25) is 0 Å². The third-order valence-corrected chi connectivity index (χ3v) is 2.75. The molecular weight excluding hydrogens is 226 g/mol. The van der Waals surface area contributed by atoms with E-state index in [1.807, 2.05) is 52.3 Å².